The molecule has 0 aromatic heterocycles. The number of hydrogen-bond acceptors (Lipinski definition) is 2. The van der Waals surface area contributed by atoms with E-state index in [-0.39, 0.29) is 21.9 Å². The summed E-state index contributed by atoms with van der Waals surface area (Å²) in [5, 5.41) is 5.10. The van der Waals surface area contributed by atoms with E-state index in [0.717, 1.165) is 12.8 Å². The van der Waals surface area contributed by atoms with Gasteiger partial charge in [-0.2, -0.15) is 0 Å². The van der Waals surface area contributed by atoms with Crippen LogP contribution < -0.4 is 9.80 Å². The monoisotopic (exact) mass is 796 g/mol. The summed E-state index contributed by atoms with van der Waals surface area (Å²) in [7, 11) is 0. The van der Waals surface area contributed by atoms with Gasteiger partial charge in [0, 0.05) is 33.6 Å². The van der Waals surface area contributed by atoms with Crippen molar-refractivity contribution in [2.45, 2.75) is 62.4 Å². The van der Waals surface area contributed by atoms with E-state index in [1.54, 1.807) is 0 Å². The van der Waals surface area contributed by atoms with Crippen LogP contribution in [0.1, 0.15) is 51.7 Å². The summed E-state index contributed by atoms with van der Waals surface area (Å²) in [6.45, 7) is 9.81. The van der Waals surface area contributed by atoms with Crippen molar-refractivity contribution >= 4 is 44.3 Å². The fourth-order valence-corrected chi connectivity index (χ4v) is 12.4. The average Bonchev–Trinajstić information content (AvgIpc) is 4.05. The summed E-state index contributed by atoms with van der Waals surface area (Å²) in [6, 6.07) is 72.9. The van der Waals surface area contributed by atoms with Crippen molar-refractivity contribution in [2.24, 2.45) is 0 Å². The Morgan fingerprint density at radius 2 is 0.661 bits per heavy atom. The number of benzene rings is 9. The molecule has 2 aliphatic carbocycles. The molecule has 2 heterocycles. The molecule has 9 aromatic rings. The van der Waals surface area contributed by atoms with Gasteiger partial charge in [0.1, 0.15) is 0 Å². The molecular formula is C60H48N2. The molecular weight excluding hydrogens is 749 g/mol. The molecule has 4 aliphatic rings. The molecule has 0 radical (unpaired) electrons. The van der Waals surface area contributed by atoms with Crippen LogP contribution in [0.15, 0.2) is 194 Å². The highest BCUT2D eigenvalue weighted by atomic mass is 15.3. The van der Waals surface area contributed by atoms with Crippen molar-refractivity contribution in [2.75, 3.05) is 9.80 Å². The predicted molar refractivity (Wildman–Crippen MR) is 261 cm³/mol. The second kappa shape index (κ2) is 12.4. The number of fused-ring (bicyclic) bond motifs is 8. The normalized spacial score (nSPS) is 23.9. The van der Waals surface area contributed by atoms with Gasteiger partial charge in [-0.1, -0.05) is 147 Å². The van der Waals surface area contributed by atoms with Gasteiger partial charge in [0.15, 0.2) is 0 Å². The molecule has 4 atom stereocenters. The van der Waals surface area contributed by atoms with E-state index >= 15 is 0 Å². The Morgan fingerprint density at radius 1 is 0.323 bits per heavy atom. The summed E-state index contributed by atoms with van der Waals surface area (Å²) in [5.74, 6) is 0. The highest BCUT2D eigenvalue weighted by Crippen LogP contribution is 2.72. The molecule has 2 fully saturated rings. The number of rotatable bonds is 6. The van der Waals surface area contributed by atoms with E-state index in [9.17, 15) is 0 Å². The molecule has 0 N–H and O–H groups in total. The van der Waals surface area contributed by atoms with Crippen molar-refractivity contribution in [3.05, 3.63) is 205 Å². The number of hydrogen-bond donors (Lipinski definition) is 0. The highest BCUT2D eigenvalue weighted by molar-refractivity contribution is 6.22. The summed E-state index contributed by atoms with van der Waals surface area (Å²) < 4.78 is 0. The summed E-state index contributed by atoms with van der Waals surface area (Å²) >= 11 is 0. The minimum absolute atomic E-state index is 0.0836. The summed E-state index contributed by atoms with van der Waals surface area (Å²) in [6.07, 6.45) is 2.32. The SMILES string of the molecule is CC12CC1(C)N(c1ccccc1)c1ccc(-c3ccc4c(-c5ccccc5)c5cc(-c6ccc7c(c6)C6(C)CC6(C)N7c6ccccc6)ccc5c(-c5ccccc5)c4c3)cc12. The second-order valence-corrected chi connectivity index (χ2v) is 19.4. The lowest BCUT2D eigenvalue weighted by Crippen LogP contribution is -2.30. The molecule has 62 heavy (non-hydrogen) atoms. The molecule has 0 bridgehead atoms. The van der Waals surface area contributed by atoms with Crippen LogP contribution in [0.2, 0.25) is 0 Å². The number of anilines is 4. The van der Waals surface area contributed by atoms with Crippen LogP contribution in [-0.4, -0.2) is 11.1 Å². The van der Waals surface area contributed by atoms with E-state index in [1.165, 1.54) is 99.9 Å². The summed E-state index contributed by atoms with van der Waals surface area (Å²) in [4.78, 5) is 5.19. The molecule has 0 amide bonds. The van der Waals surface area contributed by atoms with Crippen LogP contribution >= 0.6 is 0 Å². The number of nitrogens with zero attached hydrogens (tertiary/aromatic N) is 2. The standard InChI is InChI=1S/C60H48N2/c1-57-37-59(57,3)61(45-21-13-7-14-22-45)53-31-27-43(35-51(53)57)41-25-29-47-49(33-41)55(39-17-9-5-10-18-39)48-30-26-42(34-50(48)56(47)40-19-11-6-12-20-40)44-28-32-54-52(36-44)58(2)38-60(58,4)62(54)46-23-15-8-16-24-46/h5-36H,37-38H2,1-4H3. The van der Waals surface area contributed by atoms with Crippen LogP contribution in [0, 0.1) is 0 Å². The van der Waals surface area contributed by atoms with E-state index in [2.05, 4.69) is 232 Å². The van der Waals surface area contributed by atoms with Crippen LogP contribution in [0.5, 0.6) is 0 Å². The number of para-hydroxylation sites is 2. The first-order valence-corrected chi connectivity index (χ1v) is 22.4. The molecule has 0 spiro atoms. The Labute approximate surface area is 364 Å². The molecule has 2 nitrogen and oxygen atoms in total. The third kappa shape index (κ3) is 4.70. The molecule has 9 aromatic carbocycles. The molecule has 2 saturated carbocycles. The molecule has 2 aliphatic heterocycles. The van der Waals surface area contributed by atoms with Crippen molar-refractivity contribution in [3.8, 4) is 44.5 Å². The molecule has 13 rings (SSSR count). The van der Waals surface area contributed by atoms with Crippen molar-refractivity contribution < 1.29 is 0 Å². The van der Waals surface area contributed by atoms with Gasteiger partial charge >= 0.3 is 0 Å². The van der Waals surface area contributed by atoms with Crippen LogP contribution in [0.4, 0.5) is 22.7 Å². The Hall–Kier alpha value is -6.90. The second-order valence-electron chi connectivity index (χ2n) is 19.4. The van der Waals surface area contributed by atoms with Gasteiger partial charge in [-0.05, 0) is 165 Å². The van der Waals surface area contributed by atoms with Gasteiger partial charge in [-0.15, -0.1) is 0 Å². The molecule has 0 saturated heterocycles. The zero-order chi connectivity index (χ0) is 41.6. The smallest absolute Gasteiger partial charge is 0.0528 e. The van der Waals surface area contributed by atoms with Crippen molar-refractivity contribution in [1.29, 1.82) is 0 Å². The minimum atomic E-state index is 0.0836. The Morgan fingerprint density at radius 3 is 1.05 bits per heavy atom. The van der Waals surface area contributed by atoms with Gasteiger partial charge in [0.05, 0.1) is 11.1 Å². The Balaban J connectivity index is 1.00. The maximum atomic E-state index is 2.60. The van der Waals surface area contributed by atoms with E-state index in [4.69, 9.17) is 0 Å². The van der Waals surface area contributed by atoms with Gasteiger partial charge < -0.3 is 9.80 Å². The topological polar surface area (TPSA) is 6.48 Å². The quantitative estimate of drug-likeness (QED) is 0.155. The minimum Gasteiger partial charge on any atom is -0.334 e. The van der Waals surface area contributed by atoms with Gasteiger partial charge in [-0.25, -0.2) is 0 Å². The van der Waals surface area contributed by atoms with Crippen molar-refractivity contribution in [3.63, 3.8) is 0 Å². The van der Waals surface area contributed by atoms with Gasteiger partial charge in [0.2, 0.25) is 0 Å². The first-order valence-electron chi connectivity index (χ1n) is 22.4. The van der Waals surface area contributed by atoms with Gasteiger partial charge in [-0.3, -0.25) is 0 Å². The first kappa shape index (κ1) is 35.8. The van der Waals surface area contributed by atoms with E-state index in [0.29, 0.717) is 0 Å². The third-order valence-corrected chi connectivity index (χ3v) is 16.1. The zero-order valence-electron chi connectivity index (χ0n) is 35.8. The predicted octanol–water partition coefficient (Wildman–Crippen LogP) is 15.8. The first-order chi connectivity index (χ1) is 30.2. The average molecular weight is 797 g/mol. The lowest BCUT2D eigenvalue weighted by molar-refractivity contribution is 0.639. The molecule has 2 heteroatoms. The maximum absolute atomic E-state index is 2.60. The molecule has 298 valence electrons. The Kier molecular flexibility index (Phi) is 7.14. The van der Waals surface area contributed by atoms with Gasteiger partial charge in [0.25, 0.3) is 0 Å². The van der Waals surface area contributed by atoms with Crippen molar-refractivity contribution in [1.82, 2.24) is 0 Å². The van der Waals surface area contributed by atoms with E-state index in [1.807, 2.05) is 0 Å². The van der Waals surface area contributed by atoms with Crippen LogP contribution in [-0.2, 0) is 10.8 Å². The third-order valence-electron chi connectivity index (χ3n) is 16.1. The van der Waals surface area contributed by atoms with Crippen LogP contribution in [0.3, 0.4) is 0 Å². The summed E-state index contributed by atoms with van der Waals surface area (Å²) in [5.41, 5.74) is 18.6. The lowest BCUT2D eigenvalue weighted by Gasteiger charge is -2.29. The fraction of sp³-hybridized carbons (Fsp3) is 0.167. The maximum Gasteiger partial charge on any atom is 0.0528 e. The molecule has 4 unspecified atom stereocenters. The Bertz CT molecular complexity index is 3080. The zero-order valence-corrected chi connectivity index (χ0v) is 35.8. The lowest BCUT2D eigenvalue weighted by atomic mass is 9.83. The highest BCUT2D eigenvalue weighted by Gasteiger charge is 2.71. The largest absolute Gasteiger partial charge is 0.334 e. The van der Waals surface area contributed by atoms with Crippen LogP contribution in [0.25, 0.3) is 66.1 Å². The fourth-order valence-electron chi connectivity index (χ4n) is 12.4. The van der Waals surface area contributed by atoms with E-state index < -0.39 is 0 Å².